The Labute approximate surface area is 171 Å². The Bertz CT molecular complexity index is 1070. The van der Waals surface area contributed by atoms with Crippen molar-refractivity contribution >= 4 is 11.9 Å². The van der Waals surface area contributed by atoms with Gasteiger partial charge in [0.05, 0.1) is 0 Å². The van der Waals surface area contributed by atoms with Crippen molar-refractivity contribution in [2.75, 3.05) is 0 Å². The third-order valence-electron chi connectivity index (χ3n) is 4.85. The Morgan fingerprint density at radius 1 is 0.667 bits per heavy atom. The summed E-state index contributed by atoms with van der Waals surface area (Å²) in [5.74, 6) is -3.20. The van der Waals surface area contributed by atoms with Gasteiger partial charge in [0, 0.05) is 13.1 Å². The van der Waals surface area contributed by atoms with Crippen molar-refractivity contribution in [2.24, 2.45) is 11.5 Å². The first-order valence-electron chi connectivity index (χ1n) is 8.96. The molecule has 0 radical (unpaired) electrons. The molecule has 0 amide bonds. The maximum Gasteiger partial charge on any atom is 0.339 e. The van der Waals surface area contributed by atoms with Gasteiger partial charge in [0.15, 0.2) is 0 Å². The Morgan fingerprint density at radius 2 is 1.03 bits per heavy atom. The average Bonchev–Trinajstić information content (AvgIpc) is 2.71. The highest BCUT2D eigenvalue weighted by molar-refractivity contribution is 5.93. The van der Waals surface area contributed by atoms with Gasteiger partial charge in [0.2, 0.25) is 0 Å². The van der Waals surface area contributed by atoms with Gasteiger partial charge >= 0.3 is 11.9 Å². The molecular formula is C22H20N2O6. The van der Waals surface area contributed by atoms with E-state index in [4.69, 9.17) is 21.7 Å². The van der Waals surface area contributed by atoms with Crippen LogP contribution in [0.2, 0.25) is 0 Å². The normalized spacial score (nSPS) is 10.7. The summed E-state index contributed by atoms with van der Waals surface area (Å²) in [5.41, 5.74) is 15.3. The molecule has 8 heteroatoms. The van der Waals surface area contributed by atoms with Crippen LogP contribution in [0.5, 0.6) is 11.5 Å². The Kier molecular flexibility index (Phi) is 5.72. The highest BCUT2D eigenvalue weighted by Gasteiger charge is 2.17. The fourth-order valence-corrected chi connectivity index (χ4v) is 3.32. The summed E-state index contributed by atoms with van der Waals surface area (Å²) >= 11 is 0. The number of aromatic hydroxyl groups is 2. The van der Waals surface area contributed by atoms with E-state index in [0.717, 1.165) is 0 Å². The van der Waals surface area contributed by atoms with E-state index in [2.05, 4.69) is 0 Å². The molecule has 8 nitrogen and oxygen atoms in total. The lowest BCUT2D eigenvalue weighted by Gasteiger charge is -2.16. The Morgan fingerprint density at radius 3 is 1.30 bits per heavy atom. The van der Waals surface area contributed by atoms with E-state index in [9.17, 15) is 19.8 Å². The number of carboxylic acids is 2. The van der Waals surface area contributed by atoms with E-state index in [0.29, 0.717) is 33.4 Å². The molecule has 0 fully saturated rings. The standard InChI is InChI=1S/C22H20N2O6/c23-9-13-6-18(12-2-4-16(22(29)30)20(26)8-12)14(10-24)5-17(13)11-1-3-15(21(27)28)19(25)7-11/h1-8,25-26H,9-10,23-24H2,(H,27,28)(H,29,30). The highest BCUT2D eigenvalue weighted by atomic mass is 16.4. The van der Waals surface area contributed by atoms with Crippen LogP contribution in [-0.2, 0) is 13.1 Å². The Hall–Kier alpha value is -3.88. The van der Waals surface area contributed by atoms with Gasteiger partial charge in [0.25, 0.3) is 0 Å². The zero-order chi connectivity index (χ0) is 22.0. The van der Waals surface area contributed by atoms with Gasteiger partial charge in [0.1, 0.15) is 22.6 Å². The van der Waals surface area contributed by atoms with Crippen LogP contribution in [-0.4, -0.2) is 32.4 Å². The number of carboxylic acid groups (broad SMARTS) is 2. The van der Waals surface area contributed by atoms with Crippen molar-refractivity contribution in [3.8, 4) is 33.8 Å². The van der Waals surface area contributed by atoms with Gasteiger partial charge in [-0.15, -0.1) is 0 Å². The topological polar surface area (TPSA) is 167 Å². The maximum atomic E-state index is 11.1. The molecule has 0 aromatic heterocycles. The predicted octanol–water partition coefficient (Wildman–Crippen LogP) is 2.75. The molecule has 0 spiro atoms. The SMILES string of the molecule is NCc1cc(-c2ccc(C(=O)O)c(O)c2)c(CN)cc1-c1ccc(C(=O)O)c(O)c1. The van der Waals surface area contributed by atoms with Crippen molar-refractivity contribution in [3.05, 3.63) is 70.8 Å². The zero-order valence-corrected chi connectivity index (χ0v) is 15.8. The van der Waals surface area contributed by atoms with Crippen molar-refractivity contribution in [1.82, 2.24) is 0 Å². The van der Waals surface area contributed by atoms with Gasteiger partial charge in [-0.3, -0.25) is 0 Å². The minimum Gasteiger partial charge on any atom is -0.507 e. The lowest BCUT2D eigenvalue weighted by molar-refractivity contribution is 0.0682. The number of aromatic carboxylic acids is 2. The number of hydrogen-bond donors (Lipinski definition) is 6. The summed E-state index contributed by atoms with van der Waals surface area (Å²) in [6.45, 7) is 0.293. The quantitative estimate of drug-likeness (QED) is 0.362. The highest BCUT2D eigenvalue weighted by Crippen LogP contribution is 2.36. The van der Waals surface area contributed by atoms with Gasteiger partial charge in [-0.05, 0) is 69.8 Å². The van der Waals surface area contributed by atoms with E-state index in [1.165, 1.54) is 24.3 Å². The van der Waals surface area contributed by atoms with E-state index in [1.807, 2.05) is 0 Å². The fourth-order valence-electron chi connectivity index (χ4n) is 3.32. The first-order chi connectivity index (χ1) is 14.3. The largest absolute Gasteiger partial charge is 0.507 e. The van der Waals surface area contributed by atoms with Crippen LogP contribution < -0.4 is 11.5 Å². The summed E-state index contributed by atoms with van der Waals surface area (Å²) in [4.78, 5) is 22.3. The van der Waals surface area contributed by atoms with Crippen molar-refractivity contribution in [1.29, 1.82) is 0 Å². The van der Waals surface area contributed by atoms with Crippen LogP contribution in [0.1, 0.15) is 31.8 Å². The van der Waals surface area contributed by atoms with Crippen LogP contribution in [0.15, 0.2) is 48.5 Å². The first-order valence-corrected chi connectivity index (χ1v) is 8.96. The van der Waals surface area contributed by atoms with Crippen LogP contribution in [0.4, 0.5) is 0 Å². The molecule has 0 atom stereocenters. The molecule has 0 heterocycles. The summed E-state index contributed by atoms with van der Waals surface area (Å²) in [5, 5.41) is 38.3. The molecule has 0 saturated carbocycles. The number of rotatable bonds is 6. The Balaban J connectivity index is 2.16. The van der Waals surface area contributed by atoms with E-state index < -0.39 is 11.9 Å². The number of carbonyl (C=O) groups is 2. The summed E-state index contributed by atoms with van der Waals surface area (Å²) in [6, 6.07) is 12.1. The number of nitrogens with two attached hydrogens (primary N) is 2. The predicted molar refractivity (Wildman–Crippen MR) is 110 cm³/mol. The first kappa shape index (κ1) is 20.8. The molecule has 0 bridgehead atoms. The van der Waals surface area contributed by atoms with Crippen molar-refractivity contribution in [3.63, 3.8) is 0 Å². The zero-order valence-electron chi connectivity index (χ0n) is 15.8. The van der Waals surface area contributed by atoms with Crippen LogP contribution in [0, 0.1) is 0 Å². The molecule has 3 aromatic carbocycles. The van der Waals surface area contributed by atoms with Crippen LogP contribution in [0.25, 0.3) is 22.3 Å². The number of phenols is 2. The summed E-state index contributed by atoms with van der Waals surface area (Å²) in [6.07, 6.45) is 0. The van der Waals surface area contributed by atoms with Gasteiger partial charge < -0.3 is 31.9 Å². The lowest BCUT2D eigenvalue weighted by Crippen LogP contribution is -2.06. The van der Waals surface area contributed by atoms with Crippen LogP contribution in [0.3, 0.4) is 0 Å². The molecule has 0 aliphatic heterocycles. The summed E-state index contributed by atoms with van der Waals surface area (Å²) < 4.78 is 0. The molecule has 0 saturated heterocycles. The van der Waals surface area contributed by atoms with Gasteiger partial charge in [-0.25, -0.2) is 9.59 Å². The second-order valence-corrected chi connectivity index (χ2v) is 6.65. The second kappa shape index (κ2) is 8.24. The molecule has 0 unspecified atom stereocenters. The molecule has 30 heavy (non-hydrogen) atoms. The molecule has 154 valence electrons. The van der Waals surface area contributed by atoms with Gasteiger partial charge in [-0.1, -0.05) is 12.1 Å². The van der Waals surface area contributed by atoms with E-state index in [-0.39, 0.29) is 35.7 Å². The maximum absolute atomic E-state index is 11.1. The number of hydrogen-bond acceptors (Lipinski definition) is 6. The smallest absolute Gasteiger partial charge is 0.339 e. The molecule has 0 aliphatic carbocycles. The average molecular weight is 408 g/mol. The molecule has 3 aromatic rings. The second-order valence-electron chi connectivity index (χ2n) is 6.65. The molecule has 3 rings (SSSR count). The van der Waals surface area contributed by atoms with E-state index in [1.54, 1.807) is 24.3 Å². The third-order valence-corrected chi connectivity index (χ3v) is 4.85. The monoisotopic (exact) mass is 408 g/mol. The number of benzene rings is 3. The lowest BCUT2D eigenvalue weighted by atomic mass is 9.90. The van der Waals surface area contributed by atoms with Crippen molar-refractivity contribution < 1.29 is 30.0 Å². The van der Waals surface area contributed by atoms with Crippen LogP contribution >= 0.6 is 0 Å². The summed E-state index contributed by atoms with van der Waals surface area (Å²) in [7, 11) is 0. The van der Waals surface area contributed by atoms with E-state index >= 15 is 0 Å². The minimum absolute atomic E-state index is 0.147. The fraction of sp³-hybridized carbons (Fsp3) is 0.0909. The molecule has 0 aliphatic rings. The third kappa shape index (κ3) is 3.82. The molecular weight excluding hydrogens is 388 g/mol. The van der Waals surface area contributed by atoms with Crippen molar-refractivity contribution in [2.45, 2.75) is 13.1 Å². The molecule has 8 N–H and O–H groups in total. The van der Waals surface area contributed by atoms with Gasteiger partial charge in [-0.2, -0.15) is 0 Å². The minimum atomic E-state index is -1.24.